The summed E-state index contributed by atoms with van der Waals surface area (Å²) in [5.74, 6) is -0.603. The summed E-state index contributed by atoms with van der Waals surface area (Å²) in [5.41, 5.74) is 1.90. The maximum absolute atomic E-state index is 11.7. The fourth-order valence-electron chi connectivity index (χ4n) is 2.31. The number of benzene rings is 1. The fraction of sp³-hybridized carbons (Fsp3) is 0.133. The van der Waals surface area contributed by atoms with Crippen LogP contribution in [-0.2, 0) is 4.74 Å². The predicted octanol–water partition coefficient (Wildman–Crippen LogP) is 2.15. The molecule has 2 aromatic heterocycles. The van der Waals surface area contributed by atoms with Crippen molar-refractivity contribution < 1.29 is 24.2 Å². The molecule has 0 spiro atoms. The summed E-state index contributed by atoms with van der Waals surface area (Å²) in [6.45, 7) is 0. The molecular weight excluding hydrogens is 302 g/mol. The second-order valence-electron chi connectivity index (χ2n) is 4.71. The smallest absolute Gasteiger partial charge is 0.417 e. The second kappa shape index (κ2) is 5.48. The number of aromatic nitrogens is 3. The van der Waals surface area contributed by atoms with Crippen molar-refractivity contribution in [2.75, 3.05) is 14.2 Å². The van der Waals surface area contributed by atoms with Crippen molar-refractivity contribution >= 4 is 23.1 Å². The molecule has 0 fully saturated rings. The molecule has 0 atom stereocenters. The van der Waals surface area contributed by atoms with Gasteiger partial charge in [0.1, 0.15) is 12.0 Å². The number of methoxy groups -OCH3 is 2. The van der Waals surface area contributed by atoms with Crippen molar-refractivity contribution in [2.24, 2.45) is 0 Å². The lowest BCUT2D eigenvalue weighted by molar-refractivity contribution is 0.0697. The Balaban J connectivity index is 2.20. The van der Waals surface area contributed by atoms with E-state index in [1.807, 2.05) is 0 Å². The average molecular weight is 315 g/mol. The first kappa shape index (κ1) is 14.6. The van der Waals surface area contributed by atoms with Crippen molar-refractivity contribution in [3.8, 4) is 11.4 Å². The van der Waals surface area contributed by atoms with E-state index in [-0.39, 0.29) is 5.56 Å². The first-order valence-electron chi connectivity index (χ1n) is 6.60. The Morgan fingerprint density at radius 1 is 1.22 bits per heavy atom. The lowest BCUT2D eigenvalue weighted by Crippen LogP contribution is -2.08. The summed E-state index contributed by atoms with van der Waals surface area (Å²) < 4.78 is 12.8. The van der Waals surface area contributed by atoms with Crippen LogP contribution in [0.4, 0.5) is 4.79 Å². The molecule has 0 radical (unpaired) electrons. The van der Waals surface area contributed by atoms with Gasteiger partial charge in [-0.05, 0) is 18.2 Å². The number of hydrogen-bond donors (Lipinski definition) is 1. The van der Waals surface area contributed by atoms with Crippen LogP contribution in [0.2, 0.25) is 0 Å². The highest BCUT2D eigenvalue weighted by Gasteiger charge is 2.16. The van der Waals surface area contributed by atoms with Gasteiger partial charge in [0.25, 0.3) is 0 Å². The minimum absolute atomic E-state index is 0.144. The number of hydrogen-bond acceptors (Lipinski definition) is 5. The molecule has 0 aliphatic heterocycles. The molecule has 1 N–H and O–H groups in total. The molecule has 118 valence electrons. The minimum Gasteiger partial charge on any atom is -0.493 e. The minimum atomic E-state index is -1.03. The Morgan fingerprint density at radius 3 is 2.65 bits per heavy atom. The van der Waals surface area contributed by atoms with Crippen molar-refractivity contribution in [3.05, 3.63) is 42.5 Å². The molecule has 8 heteroatoms. The quantitative estimate of drug-likeness (QED) is 0.795. The first-order valence-corrected chi connectivity index (χ1v) is 6.60. The van der Waals surface area contributed by atoms with Crippen molar-refractivity contribution in [1.29, 1.82) is 0 Å². The molecule has 0 aliphatic rings. The molecule has 0 saturated heterocycles. The van der Waals surface area contributed by atoms with Gasteiger partial charge in [-0.3, -0.25) is 9.13 Å². The second-order valence-corrected chi connectivity index (χ2v) is 4.71. The van der Waals surface area contributed by atoms with Gasteiger partial charge in [-0.15, -0.1) is 0 Å². The van der Waals surface area contributed by atoms with E-state index in [0.717, 1.165) is 0 Å². The standard InChI is InChI=1S/C15H13N3O5/c1-22-13-7-17(15(21)23-2)6-12(13)18-8-16-10-4-3-9(14(19)20)5-11(10)18/h3-8H,1-2H3,(H,19,20). The Kier molecular flexibility index (Phi) is 3.49. The van der Waals surface area contributed by atoms with Crippen molar-refractivity contribution in [3.63, 3.8) is 0 Å². The van der Waals surface area contributed by atoms with E-state index >= 15 is 0 Å². The highest BCUT2D eigenvalue weighted by Crippen LogP contribution is 2.28. The molecule has 3 aromatic rings. The zero-order valence-electron chi connectivity index (χ0n) is 12.4. The van der Waals surface area contributed by atoms with Crippen LogP contribution < -0.4 is 4.74 Å². The molecule has 0 saturated carbocycles. The van der Waals surface area contributed by atoms with Gasteiger partial charge in [-0.25, -0.2) is 14.6 Å². The van der Waals surface area contributed by atoms with E-state index in [4.69, 9.17) is 9.84 Å². The summed E-state index contributed by atoms with van der Waals surface area (Å²) in [7, 11) is 2.75. The number of carboxylic acids is 1. The maximum Gasteiger partial charge on any atom is 0.417 e. The highest BCUT2D eigenvalue weighted by atomic mass is 16.5. The van der Waals surface area contributed by atoms with E-state index in [9.17, 15) is 9.59 Å². The van der Waals surface area contributed by atoms with Crippen LogP contribution in [-0.4, -0.2) is 45.5 Å². The Bertz CT molecular complexity index is 909. The Hall–Kier alpha value is -3.29. The molecule has 0 bridgehead atoms. The van der Waals surface area contributed by atoms with Crippen molar-refractivity contribution in [2.45, 2.75) is 0 Å². The van der Waals surface area contributed by atoms with E-state index in [0.29, 0.717) is 22.5 Å². The Morgan fingerprint density at radius 2 is 2.00 bits per heavy atom. The number of ether oxygens (including phenoxy) is 2. The van der Waals surface area contributed by atoms with Crippen LogP contribution in [0.3, 0.4) is 0 Å². The number of imidazole rings is 1. The molecule has 0 aliphatic carbocycles. The van der Waals surface area contributed by atoms with Crippen molar-refractivity contribution in [1.82, 2.24) is 14.1 Å². The number of carbonyl (C=O) groups is 2. The van der Waals surface area contributed by atoms with Gasteiger partial charge < -0.3 is 14.6 Å². The third-order valence-corrected chi connectivity index (χ3v) is 3.43. The van der Waals surface area contributed by atoms with E-state index in [2.05, 4.69) is 9.72 Å². The van der Waals surface area contributed by atoms with Crippen LogP contribution >= 0.6 is 0 Å². The summed E-state index contributed by atoms with van der Waals surface area (Å²) in [6.07, 6.45) is 3.98. The SMILES string of the molecule is COC(=O)n1cc(OC)c(-n2cnc3ccc(C(=O)O)cc32)c1. The van der Waals surface area contributed by atoms with Crippen LogP contribution in [0.1, 0.15) is 10.4 Å². The van der Waals surface area contributed by atoms with E-state index in [1.165, 1.54) is 49.6 Å². The summed E-state index contributed by atoms with van der Waals surface area (Å²) >= 11 is 0. The summed E-state index contributed by atoms with van der Waals surface area (Å²) in [4.78, 5) is 27.0. The molecular formula is C15H13N3O5. The van der Waals surface area contributed by atoms with Gasteiger partial charge in [0.15, 0.2) is 5.75 Å². The van der Waals surface area contributed by atoms with Gasteiger partial charge in [0.2, 0.25) is 0 Å². The van der Waals surface area contributed by atoms with Crippen LogP contribution in [0.15, 0.2) is 36.9 Å². The number of carboxylic acid groups (broad SMARTS) is 1. The molecule has 0 unspecified atom stereocenters. The van der Waals surface area contributed by atoms with Gasteiger partial charge in [0, 0.05) is 6.20 Å². The van der Waals surface area contributed by atoms with Crippen LogP contribution in [0, 0.1) is 0 Å². The number of carbonyl (C=O) groups excluding carboxylic acids is 1. The maximum atomic E-state index is 11.7. The Labute approximate surface area is 130 Å². The highest BCUT2D eigenvalue weighted by molar-refractivity contribution is 5.93. The number of nitrogens with zero attached hydrogens (tertiary/aromatic N) is 3. The topological polar surface area (TPSA) is 95.6 Å². The third-order valence-electron chi connectivity index (χ3n) is 3.43. The zero-order valence-corrected chi connectivity index (χ0v) is 12.4. The van der Waals surface area contributed by atoms with Gasteiger partial charge >= 0.3 is 12.1 Å². The average Bonchev–Trinajstić information content (AvgIpc) is 3.16. The lowest BCUT2D eigenvalue weighted by Gasteiger charge is -2.05. The normalized spacial score (nSPS) is 10.7. The number of fused-ring (bicyclic) bond motifs is 1. The molecule has 0 amide bonds. The van der Waals surface area contributed by atoms with Crippen LogP contribution in [0.5, 0.6) is 5.75 Å². The summed E-state index contributed by atoms with van der Waals surface area (Å²) in [5, 5.41) is 9.13. The molecule has 1 aromatic carbocycles. The van der Waals surface area contributed by atoms with Gasteiger partial charge in [-0.1, -0.05) is 0 Å². The van der Waals surface area contributed by atoms with Gasteiger partial charge in [-0.2, -0.15) is 0 Å². The molecule has 8 nitrogen and oxygen atoms in total. The fourth-order valence-corrected chi connectivity index (χ4v) is 2.31. The predicted molar refractivity (Wildman–Crippen MR) is 80.4 cm³/mol. The van der Waals surface area contributed by atoms with Crippen LogP contribution in [0.25, 0.3) is 16.7 Å². The monoisotopic (exact) mass is 315 g/mol. The first-order chi connectivity index (χ1) is 11.0. The van der Waals surface area contributed by atoms with E-state index in [1.54, 1.807) is 10.6 Å². The largest absolute Gasteiger partial charge is 0.493 e. The molecule has 2 heterocycles. The third kappa shape index (κ3) is 2.39. The number of rotatable bonds is 3. The zero-order chi connectivity index (χ0) is 16.6. The van der Waals surface area contributed by atoms with E-state index < -0.39 is 12.1 Å². The molecule has 23 heavy (non-hydrogen) atoms. The summed E-state index contributed by atoms with van der Waals surface area (Å²) in [6, 6.07) is 4.62. The lowest BCUT2D eigenvalue weighted by atomic mass is 10.2. The molecule has 3 rings (SSSR count). The number of aromatic carboxylic acids is 1. The van der Waals surface area contributed by atoms with Gasteiger partial charge in [0.05, 0.1) is 37.0 Å².